The van der Waals surface area contributed by atoms with Crippen molar-refractivity contribution < 1.29 is 14.6 Å². The van der Waals surface area contributed by atoms with Crippen molar-refractivity contribution in [2.24, 2.45) is 5.92 Å². The van der Waals surface area contributed by atoms with Gasteiger partial charge in [-0.3, -0.25) is 0 Å². The van der Waals surface area contributed by atoms with Gasteiger partial charge in [-0.15, -0.1) is 0 Å². The highest BCUT2D eigenvalue weighted by Crippen LogP contribution is 2.38. The van der Waals surface area contributed by atoms with Crippen LogP contribution in [0.15, 0.2) is 24.3 Å². The summed E-state index contributed by atoms with van der Waals surface area (Å²) in [6, 6.07) is 7.79. The molecule has 1 unspecified atom stereocenters. The lowest BCUT2D eigenvalue weighted by atomic mass is 9.87. The SMILES string of the molecule is O[C@@H]1CC(C2CCOCC2)Oc2ccccc21. The zero-order valence-electron chi connectivity index (χ0n) is 9.84. The number of benzene rings is 1. The Morgan fingerprint density at radius 1 is 1.12 bits per heavy atom. The van der Waals surface area contributed by atoms with E-state index in [1.807, 2.05) is 24.3 Å². The third-order valence-electron chi connectivity index (χ3n) is 3.80. The maximum atomic E-state index is 10.2. The van der Waals surface area contributed by atoms with Crippen LogP contribution in [0.5, 0.6) is 5.75 Å². The van der Waals surface area contributed by atoms with Gasteiger partial charge in [0, 0.05) is 31.1 Å². The second kappa shape index (κ2) is 4.67. The smallest absolute Gasteiger partial charge is 0.125 e. The van der Waals surface area contributed by atoms with Crippen LogP contribution < -0.4 is 4.74 Å². The van der Waals surface area contributed by atoms with Gasteiger partial charge in [-0.2, -0.15) is 0 Å². The molecule has 1 fully saturated rings. The lowest BCUT2D eigenvalue weighted by molar-refractivity contribution is -0.0150. The van der Waals surface area contributed by atoms with Crippen molar-refractivity contribution >= 4 is 0 Å². The van der Waals surface area contributed by atoms with E-state index in [-0.39, 0.29) is 12.2 Å². The Morgan fingerprint density at radius 2 is 1.88 bits per heavy atom. The lowest BCUT2D eigenvalue weighted by Crippen LogP contribution is -2.36. The van der Waals surface area contributed by atoms with Gasteiger partial charge < -0.3 is 14.6 Å². The molecule has 92 valence electrons. The van der Waals surface area contributed by atoms with Gasteiger partial charge in [-0.25, -0.2) is 0 Å². The summed E-state index contributed by atoms with van der Waals surface area (Å²) in [5, 5.41) is 10.2. The maximum Gasteiger partial charge on any atom is 0.125 e. The first-order valence-electron chi connectivity index (χ1n) is 6.36. The number of hydrogen-bond acceptors (Lipinski definition) is 3. The molecule has 2 aliphatic rings. The molecule has 1 aromatic carbocycles. The van der Waals surface area contributed by atoms with Crippen LogP contribution in [0.2, 0.25) is 0 Å². The first kappa shape index (κ1) is 11.1. The van der Waals surface area contributed by atoms with E-state index in [4.69, 9.17) is 9.47 Å². The van der Waals surface area contributed by atoms with Gasteiger partial charge in [-0.05, 0) is 18.9 Å². The fourth-order valence-electron chi connectivity index (χ4n) is 2.80. The highest BCUT2D eigenvalue weighted by molar-refractivity contribution is 5.37. The van der Waals surface area contributed by atoms with E-state index in [0.717, 1.165) is 37.4 Å². The Labute approximate surface area is 101 Å². The molecule has 17 heavy (non-hydrogen) atoms. The molecule has 0 amide bonds. The van der Waals surface area contributed by atoms with Crippen LogP contribution >= 0.6 is 0 Å². The standard InChI is InChI=1S/C14H18O3/c15-12-9-14(10-5-7-16-8-6-10)17-13-4-2-1-3-11(12)13/h1-4,10,12,14-15H,5-9H2/t12-,14?/m1/s1. The summed E-state index contributed by atoms with van der Waals surface area (Å²) in [6.07, 6.45) is 2.55. The van der Waals surface area contributed by atoms with Gasteiger partial charge in [-0.1, -0.05) is 18.2 Å². The van der Waals surface area contributed by atoms with Gasteiger partial charge in [0.15, 0.2) is 0 Å². The minimum absolute atomic E-state index is 0.142. The quantitative estimate of drug-likeness (QED) is 0.810. The predicted octanol–water partition coefficient (Wildman–Crippen LogP) is 2.30. The second-order valence-corrected chi connectivity index (χ2v) is 4.90. The highest BCUT2D eigenvalue weighted by atomic mass is 16.5. The van der Waals surface area contributed by atoms with Crippen molar-refractivity contribution in [1.29, 1.82) is 0 Å². The van der Waals surface area contributed by atoms with Gasteiger partial charge >= 0.3 is 0 Å². The maximum absolute atomic E-state index is 10.2. The summed E-state index contributed by atoms with van der Waals surface area (Å²) in [7, 11) is 0. The van der Waals surface area contributed by atoms with Crippen molar-refractivity contribution in [3.63, 3.8) is 0 Å². The number of fused-ring (bicyclic) bond motifs is 1. The average Bonchev–Trinajstić information content (AvgIpc) is 2.40. The van der Waals surface area contributed by atoms with Crippen molar-refractivity contribution in [3.05, 3.63) is 29.8 Å². The Hall–Kier alpha value is -1.06. The second-order valence-electron chi connectivity index (χ2n) is 4.90. The number of aliphatic hydroxyl groups is 1. The summed E-state index contributed by atoms with van der Waals surface area (Å²) >= 11 is 0. The minimum Gasteiger partial charge on any atom is -0.490 e. The molecule has 0 spiro atoms. The summed E-state index contributed by atoms with van der Waals surface area (Å²) in [5.41, 5.74) is 0.927. The summed E-state index contributed by atoms with van der Waals surface area (Å²) in [6.45, 7) is 1.64. The largest absolute Gasteiger partial charge is 0.490 e. The molecular weight excluding hydrogens is 216 g/mol. The molecule has 2 heterocycles. The topological polar surface area (TPSA) is 38.7 Å². The van der Waals surface area contributed by atoms with Crippen molar-refractivity contribution in [2.45, 2.75) is 31.5 Å². The van der Waals surface area contributed by atoms with Crippen molar-refractivity contribution in [1.82, 2.24) is 0 Å². The predicted molar refractivity (Wildman–Crippen MR) is 64.0 cm³/mol. The Bertz CT molecular complexity index is 385. The zero-order chi connectivity index (χ0) is 11.7. The fraction of sp³-hybridized carbons (Fsp3) is 0.571. The van der Waals surface area contributed by atoms with Crippen LogP contribution in [0, 0.1) is 5.92 Å². The normalized spacial score (nSPS) is 29.5. The summed E-state index contributed by atoms with van der Waals surface area (Å²) in [4.78, 5) is 0. The van der Waals surface area contributed by atoms with Crippen LogP contribution in [0.1, 0.15) is 30.9 Å². The molecule has 1 aromatic rings. The Balaban J connectivity index is 1.78. The molecule has 3 nitrogen and oxygen atoms in total. The Morgan fingerprint density at radius 3 is 2.71 bits per heavy atom. The molecule has 0 aromatic heterocycles. The van der Waals surface area contributed by atoms with Crippen molar-refractivity contribution in [2.75, 3.05) is 13.2 Å². The highest BCUT2D eigenvalue weighted by Gasteiger charge is 2.33. The Kier molecular flexibility index (Phi) is 3.04. The molecule has 0 radical (unpaired) electrons. The first-order valence-corrected chi connectivity index (χ1v) is 6.36. The molecule has 0 aliphatic carbocycles. The molecular formula is C14H18O3. The number of aliphatic hydroxyl groups excluding tert-OH is 1. The van der Waals surface area contributed by atoms with Crippen LogP contribution in [0.25, 0.3) is 0 Å². The van der Waals surface area contributed by atoms with Gasteiger partial charge in [0.2, 0.25) is 0 Å². The molecule has 1 saturated heterocycles. The monoisotopic (exact) mass is 234 g/mol. The summed E-state index contributed by atoms with van der Waals surface area (Å²) in [5.74, 6) is 1.37. The number of rotatable bonds is 1. The van der Waals surface area contributed by atoms with E-state index < -0.39 is 0 Å². The van der Waals surface area contributed by atoms with Crippen LogP contribution in [-0.4, -0.2) is 24.4 Å². The molecule has 2 aliphatic heterocycles. The van der Waals surface area contributed by atoms with E-state index in [9.17, 15) is 5.11 Å². The van der Waals surface area contributed by atoms with Crippen LogP contribution in [0.3, 0.4) is 0 Å². The van der Waals surface area contributed by atoms with Gasteiger partial charge in [0.25, 0.3) is 0 Å². The number of ether oxygens (including phenoxy) is 2. The molecule has 1 N–H and O–H groups in total. The molecule has 3 rings (SSSR count). The average molecular weight is 234 g/mol. The third kappa shape index (κ3) is 2.17. The number of hydrogen-bond donors (Lipinski definition) is 1. The first-order chi connectivity index (χ1) is 8.34. The fourth-order valence-corrected chi connectivity index (χ4v) is 2.80. The van der Waals surface area contributed by atoms with Crippen LogP contribution in [0.4, 0.5) is 0 Å². The molecule has 3 heteroatoms. The molecule has 0 saturated carbocycles. The molecule has 2 atom stereocenters. The number of para-hydroxylation sites is 1. The summed E-state index contributed by atoms with van der Waals surface area (Å²) < 4.78 is 11.4. The van der Waals surface area contributed by atoms with Gasteiger partial charge in [0.1, 0.15) is 11.9 Å². The zero-order valence-corrected chi connectivity index (χ0v) is 9.84. The van der Waals surface area contributed by atoms with E-state index in [1.54, 1.807) is 0 Å². The minimum atomic E-state index is -0.382. The van der Waals surface area contributed by atoms with Gasteiger partial charge in [0.05, 0.1) is 6.10 Å². The van der Waals surface area contributed by atoms with E-state index in [1.165, 1.54) is 0 Å². The van der Waals surface area contributed by atoms with E-state index in [0.29, 0.717) is 12.3 Å². The van der Waals surface area contributed by atoms with Crippen molar-refractivity contribution in [3.8, 4) is 5.75 Å². The van der Waals surface area contributed by atoms with E-state index >= 15 is 0 Å². The van der Waals surface area contributed by atoms with E-state index in [2.05, 4.69) is 0 Å². The molecule has 0 bridgehead atoms. The van der Waals surface area contributed by atoms with Crippen LogP contribution in [-0.2, 0) is 4.74 Å². The third-order valence-corrected chi connectivity index (χ3v) is 3.80. The lowest BCUT2D eigenvalue weighted by Gasteiger charge is -2.36.